The Kier molecular flexibility index (Phi) is 5.96. The Labute approximate surface area is 162 Å². The molecule has 0 bridgehead atoms. The number of nitrogens with one attached hydrogen (secondary N) is 1. The molecule has 27 heavy (non-hydrogen) atoms. The summed E-state index contributed by atoms with van der Waals surface area (Å²) < 4.78 is 39.9. The maximum Gasteiger partial charge on any atom is 0.266 e. The van der Waals surface area contributed by atoms with Gasteiger partial charge >= 0.3 is 0 Å². The van der Waals surface area contributed by atoms with Gasteiger partial charge in [-0.25, -0.2) is 22.5 Å². The number of anilines is 1. The summed E-state index contributed by atoms with van der Waals surface area (Å²) in [5, 5.41) is -0.169. The molecule has 9 heteroatoms. The Bertz CT molecular complexity index is 927. The molecule has 144 valence electrons. The van der Waals surface area contributed by atoms with Crippen LogP contribution in [0, 0.1) is 5.82 Å². The van der Waals surface area contributed by atoms with Crippen LogP contribution in [0.4, 0.5) is 10.2 Å². The Balaban J connectivity index is 1.75. The Hall–Kier alpha value is -2.19. The maximum absolute atomic E-state index is 13.1. The molecule has 1 aliphatic rings. The largest absolute Gasteiger partial charge is 0.357 e. The number of aromatic nitrogens is 1. The summed E-state index contributed by atoms with van der Waals surface area (Å²) in [6, 6.07) is 6.15. The van der Waals surface area contributed by atoms with E-state index < -0.39 is 21.7 Å². The van der Waals surface area contributed by atoms with Gasteiger partial charge in [0.2, 0.25) is 0 Å². The SMILES string of the molecule is O=C(NS(=O)(=O)c1ccc(N2CCCCCC2)nc1)c1ccc(F)cc1Cl. The van der Waals surface area contributed by atoms with Gasteiger partial charge in [-0.1, -0.05) is 24.4 Å². The van der Waals surface area contributed by atoms with E-state index in [0.29, 0.717) is 5.82 Å². The van der Waals surface area contributed by atoms with Crippen molar-refractivity contribution in [2.75, 3.05) is 18.0 Å². The molecule has 0 unspecified atom stereocenters. The van der Waals surface area contributed by atoms with Gasteiger partial charge in [-0.15, -0.1) is 0 Å². The minimum atomic E-state index is -4.12. The number of pyridine rings is 1. The van der Waals surface area contributed by atoms with Crippen molar-refractivity contribution < 1.29 is 17.6 Å². The van der Waals surface area contributed by atoms with Crippen LogP contribution in [0.15, 0.2) is 41.4 Å². The standard InChI is InChI=1S/C18H19ClFN3O3S/c19-16-11-13(20)5-7-15(16)18(24)22-27(25,26)14-6-8-17(21-12-14)23-9-3-1-2-4-10-23/h5-8,11-12H,1-4,9-10H2,(H,22,24). The first-order valence-corrected chi connectivity index (χ1v) is 10.5. The zero-order chi connectivity index (χ0) is 19.4. The number of carbonyl (C=O) groups excluding carboxylic acids is 1. The van der Waals surface area contributed by atoms with Crippen LogP contribution in [0.1, 0.15) is 36.0 Å². The second-order valence-corrected chi connectivity index (χ2v) is 8.40. The minimum absolute atomic E-state index is 0.129. The van der Waals surface area contributed by atoms with Crippen LogP contribution in [0.5, 0.6) is 0 Å². The topological polar surface area (TPSA) is 79.4 Å². The second-order valence-electron chi connectivity index (χ2n) is 6.31. The average molecular weight is 412 g/mol. The molecule has 0 atom stereocenters. The highest BCUT2D eigenvalue weighted by atomic mass is 35.5. The molecular weight excluding hydrogens is 393 g/mol. The monoisotopic (exact) mass is 411 g/mol. The van der Waals surface area contributed by atoms with Gasteiger partial charge in [0, 0.05) is 19.3 Å². The van der Waals surface area contributed by atoms with E-state index in [1.807, 2.05) is 4.72 Å². The van der Waals surface area contributed by atoms with E-state index in [4.69, 9.17) is 11.6 Å². The van der Waals surface area contributed by atoms with Gasteiger partial charge in [0.1, 0.15) is 16.5 Å². The molecule has 1 aliphatic heterocycles. The molecular formula is C18H19ClFN3O3S. The van der Waals surface area contributed by atoms with E-state index in [-0.39, 0.29) is 15.5 Å². The Morgan fingerprint density at radius 3 is 2.41 bits per heavy atom. The molecule has 1 aromatic carbocycles. The van der Waals surface area contributed by atoms with Gasteiger partial charge in [0.25, 0.3) is 15.9 Å². The van der Waals surface area contributed by atoms with Gasteiger partial charge in [-0.3, -0.25) is 4.79 Å². The number of hydrogen-bond donors (Lipinski definition) is 1. The highest BCUT2D eigenvalue weighted by Crippen LogP contribution is 2.20. The molecule has 0 saturated carbocycles. The summed E-state index contributed by atoms with van der Waals surface area (Å²) in [4.78, 5) is 18.4. The number of rotatable bonds is 4. The van der Waals surface area contributed by atoms with Crippen molar-refractivity contribution in [2.24, 2.45) is 0 Å². The molecule has 1 N–H and O–H groups in total. The van der Waals surface area contributed by atoms with Crippen LogP contribution in [-0.2, 0) is 10.0 Å². The van der Waals surface area contributed by atoms with E-state index in [1.165, 1.54) is 25.1 Å². The van der Waals surface area contributed by atoms with Crippen LogP contribution in [0.25, 0.3) is 0 Å². The van der Waals surface area contributed by atoms with Gasteiger partial charge in [-0.05, 0) is 43.2 Å². The lowest BCUT2D eigenvalue weighted by molar-refractivity contribution is 0.0981. The molecule has 3 rings (SSSR count). The maximum atomic E-state index is 13.1. The van der Waals surface area contributed by atoms with Crippen molar-refractivity contribution in [3.8, 4) is 0 Å². The summed E-state index contributed by atoms with van der Waals surface area (Å²) >= 11 is 5.81. The van der Waals surface area contributed by atoms with Crippen LogP contribution in [-0.4, -0.2) is 32.4 Å². The van der Waals surface area contributed by atoms with E-state index in [0.717, 1.165) is 44.1 Å². The summed E-state index contributed by atoms with van der Waals surface area (Å²) in [6.07, 6.45) is 5.75. The van der Waals surface area contributed by atoms with Gasteiger partial charge < -0.3 is 4.90 Å². The fraction of sp³-hybridized carbons (Fsp3) is 0.333. The Morgan fingerprint density at radius 2 is 1.81 bits per heavy atom. The van der Waals surface area contributed by atoms with Crippen LogP contribution in [0.2, 0.25) is 5.02 Å². The molecule has 1 saturated heterocycles. The normalized spacial score (nSPS) is 15.3. The first kappa shape index (κ1) is 19.6. The lowest BCUT2D eigenvalue weighted by Gasteiger charge is -2.21. The predicted octanol–water partition coefficient (Wildman–Crippen LogP) is 3.37. The fourth-order valence-corrected chi connectivity index (χ4v) is 4.09. The van der Waals surface area contributed by atoms with Gasteiger partial charge in [0.15, 0.2) is 0 Å². The second kappa shape index (κ2) is 8.22. The van der Waals surface area contributed by atoms with Crippen molar-refractivity contribution in [2.45, 2.75) is 30.6 Å². The lowest BCUT2D eigenvalue weighted by Crippen LogP contribution is -2.31. The highest BCUT2D eigenvalue weighted by Gasteiger charge is 2.21. The zero-order valence-electron chi connectivity index (χ0n) is 14.5. The minimum Gasteiger partial charge on any atom is -0.357 e. The van der Waals surface area contributed by atoms with E-state index >= 15 is 0 Å². The smallest absolute Gasteiger partial charge is 0.266 e. The molecule has 2 aromatic rings. The predicted molar refractivity (Wildman–Crippen MR) is 101 cm³/mol. The summed E-state index contributed by atoms with van der Waals surface area (Å²) in [6.45, 7) is 1.78. The molecule has 6 nitrogen and oxygen atoms in total. The van der Waals surface area contributed by atoms with Crippen molar-refractivity contribution in [1.82, 2.24) is 9.71 Å². The first-order chi connectivity index (χ1) is 12.9. The Morgan fingerprint density at radius 1 is 1.11 bits per heavy atom. The number of halogens is 2. The molecule has 0 radical (unpaired) electrons. The number of nitrogens with zero attached hydrogens (tertiary/aromatic N) is 2. The number of carbonyl (C=O) groups is 1. The van der Waals surface area contributed by atoms with Crippen molar-refractivity contribution in [3.63, 3.8) is 0 Å². The quantitative estimate of drug-likeness (QED) is 0.834. The summed E-state index contributed by atoms with van der Waals surface area (Å²) in [7, 11) is -4.12. The van der Waals surface area contributed by atoms with E-state index in [9.17, 15) is 17.6 Å². The lowest BCUT2D eigenvalue weighted by atomic mass is 10.2. The third kappa shape index (κ3) is 4.75. The van der Waals surface area contributed by atoms with Crippen molar-refractivity contribution in [1.29, 1.82) is 0 Å². The first-order valence-electron chi connectivity index (χ1n) is 8.60. The number of benzene rings is 1. The number of sulfonamides is 1. The van der Waals surface area contributed by atoms with Crippen LogP contribution < -0.4 is 9.62 Å². The number of amides is 1. The average Bonchev–Trinajstić information content (AvgIpc) is 2.90. The molecule has 2 heterocycles. The molecule has 0 spiro atoms. The number of hydrogen-bond acceptors (Lipinski definition) is 5. The van der Waals surface area contributed by atoms with Gasteiger partial charge in [0.05, 0.1) is 10.6 Å². The third-order valence-electron chi connectivity index (χ3n) is 4.36. The molecule has 0 aliphatic carbocycles. The van der Waals surface area contributed by atoms with Crippen molar-refractivity contribution in [3.05, 3.63) is 52.9 Å². The highest BCUT2D eigenvalue weighted by molar-refractivity contribution is 7.90. The van der Waals surface area contributed by atoms with Crippen LogP contribution in [0.3, 0.4) is 0 Å². The molecule has 1 amide bonds. The summed E-state index contributed by atoms with van der Waals surface area (Å²) in [5.74, 6) is -0.840. The van der Waals surface area contributed by atoms with Gasteiger partial charge in [-0.2, -0.15) is 0 Å². The fourth-order valence-electron chi connectivity index (χ4n) is 2.93. The zero-order valence-corrected chi connectivity index (χ0v) is 16.1. The van der Waals surface area contributed by atoms with E-state index in [2.05, 4.69) is 9.88 Å². The summed E-state index contributed by atoms with van der Waals surface area (Å²) in [5.41, 5.74) is -0.129. The third-order valence-corrected chi connectivity index (χ3v) is 5.99. The van der Waals surface area contributed by atoms with E-state index in [1.54, 1.807) is 6.07 Å². The molecule has 1 aromatic heterocycles. The molecule has 1 fully saturated rings. The van der Waals surface area contributed by atoms with Crippen molar-refractivity contribution >= 4 is 33.3 Å². The van der Waals surface area contributed by atoms with Crippen LogP contribution >= 0.6 is 11.6 Å².